The minimum atomic E-state index is -0.256. The molecule has 2 aromatic rings. The molecule has 0 saturated carbocycles. The van der Waals surface area contributed by atoms with Gasteiger partial charge in [-0.15, -0.1) is 0 Å². The van der Waals surface area contributed by atoms with Crippen molar-refractivity contribution in [3.63, 3.8) is 0 Å². The van der Waals surface area contributed by atoms with Gasteiger partial charge in [-0.3, -0.25) is 0 Å². The standard InChI is InChI=1S/C15H14ClFO/c1-3-18-15-8-11(16)5-7-13(15)14-9-12(17)6-4-10(14)2/h4-9H,3H2,1-2H3. The SMILES string of the molecule is CCOc1cc(Cl)ccc1-c1cc(F)ccc1C. The first-order valence-corrected chi connectivity index (χ1v) is 6.18. The summed E-state index contributed by atoms with van der Waals surface area (Å²) in [6.07, 6.45) is 0. The van der Waals surface area contributed by atoms with Crippen LogP contribution in [0.25, 0.3) is 11.1 Å². The molecule has 3 heteroatoms. The van der Waals surface area contributed by atoms with Gasteiger partial charge in [-0.2, -0.15) is 0 Å². The highest BCUT2D eigenvalue weighted by Crippen LogP contribution is 2.34. The second kappa shape index (κ2) is 5.40. The van der Waals surface area contributed by atoms with E-state index in [4.69, 9.17) is 16.3 Å². The van der Waals surface area contributed by atoms with Crippen molar-refractivity contribution in [1.29, 1.82) is 0 Å². The van der Waals surface area contributed by atoms with Crippen molar-refractivity contribution in [2.45, 2.75) is 13.8 Å². The lowest BCUT2D eigenvalue weighted by Gasteiger charge is -2.13. The predicted octanol–water partition coefficient (Wildman–Crippen LogP) is 4.85. The summed E-state index contributed by atoms with van der Waals surface area (Å²) in [4.78, 5) is 0. The van der Waals surface area contributed by atoms with Crippen LogP contribution in [0.2, 0.25) is 5.02 Å². The molecule has 0 spiro atoms. The zero-order valence-corrected chi connectivity index (χ0v) is 11.1. The lowest BCUT2D eigenvalue weighted by molar-refractivity contribution is 0.341. The minimum Gasteiger partial charge on any atom is -0.493 e. The molecule has 18 heavy (non-hydrogen) atoms. The Balaban J connectivity index is 2.58. The van der Waals surface area contributed by atoms with Crippen LogP contribution in [-0.2, 0) is 0 Å². The summed E-state index contributed by atoms with van der Waals surface area (Å²) in [5, 5.41) is 0.608. The monoisotopic (exact) mass is 264 g/mol. The van der Waals surface area contributed by atoms with E-state index in [0.717, 1.165) is 16.7 Å². The van der Waals surface area contributed by atoms with E-state index in [-0.39, 0.29) is 5.82 Å². The lowest BCUT2D eigenvalue weighted by atomic mass is 9.99. The van der Waals surface area contributed by atoms with Crippen molar-refractivity contribution >= 4 is 11.6 Å². The average molecular weight is 265 g/mol. The molecule has 2 aromatic carbocycles. The molecule has 0 fully saturated rings. The van der Waals surface area contributed by atoms with E-state index >= 15 is 0 Å². The topological polar surface area (TPSA) is 9.23 Å². The Morgan fingerprint density at radius 1 is 1.11 bits per heavy atom. The Kier molecular flexibility index (Phi) is 3.87. The number of rotatable bonds is 3. The molecular formula is C15H14ClFO. The number of hydrogen-bond donors (Lipinski definition) is 0. The number of ether oxygens (including phenoxy) is 1. The van der Waals surface area contributed by atoms with E-state index in [9.17, 15) is 4.39 Å². The molecule has 0 saturated heterocycles. The number of halogens is 2. The second-order valence-corrected chi connectivity index (χ2v) is 4.47. The van der Waals surface area contributed by atoms with Gasteiger partial charge in [0.1, 0.15) is 11.6 Å². The van der Waals surface area contributed by atoms with Gasteiger partial charge < -0.3 is 4.74 Å². The molecule has 0 aliphatic heterocycles. The third-order valence-corrected chi connectivity index (χ3v) is 2.97. The summed E-state index contributed by atoms with van der Waals surface area (Å²) in [5.74, 6) is 0.423. The molecule has 0 aliphatic rings. The summed E-state index contributed by atoms with van der Waals surface area (Å²) in [6, 6.07) is 10.1. The summed E-state index contributed by atoms with van der Waals surface area (Å²) in [5.41, 5.74) is 2.69. The van der Waals surface area contributed by atoms with Gasteiger partial charge >= 0.3 is 0 Å². The molecule has 1 nitrogen and oxygen atoms in total. The van der Waals surface area contributed by atoms with Crippen molar-refractivity contribution in [2.75, 3.05) is 6.61 Å². The van der Waals surface area contributed by atoms with E-state index in [0.29, 0.717) is 17.4 Å². The fraction of sp³-hybridized carbons (Fsp3) is 0.200. The first-order chi connectivity index (χ1) is 8.61. The van der Waals surface area contributed by atoms with Crippen LogP contribution >= 0.6 is 11.6 Å². The summed E-state index contributed by atoms with van der Waals surface area (Å²) in [7, 11) is 0. The third-order valence-electron chi connectivity index (χ3n) is 2.73. The molecule has 0 amide bonds. The van der Waals surface area contributed by atoms with Gasteiger partial charge in [0.15, 0.2) is 0 Å². The van der Waals surface area contributed by atoms with E-state index < -0.39 is 0 Å². The smallest absolute Gasteiger partial charge is 0.128 e. The maximum absolute atomic E-state index is 13.4. The van der Waals surface area contributed by atoms with Gasteiger partial charge in [0.05, 0.1) is 6.61 Å². The largest absolute Gasteiger partial charge is 0.493 e. The molecular weight excluding hydrogens is 251 g/mol. The lowest BCUT2D eigenvalue weighted by Crippen LogP contribution is -1.95. The van der Waals surface area contributed by atoms with Gasteiger partial charge in [-0.05, 0) is 55.3 Å². The van der Waals surface area contributed by atoms with Crippen molar-refractivity contribution < 1.29 is 9.13 Å². The van der Waals surface area contributed by atoms with Crippen LogP contribution in [0.4, 0.5) is 4.39 Å². The first-order valence-electron chi connectivity index (χ1n) is 5.80. The van der Waals surface area contributed by atoms with Crippen molar-refractivity contribution in [1.82, 2.24) is 0 Å². The molecule has 0 aliphatic carbocycles. The van der Waals surface area contributed by atoms with Crippen LogP contribution in [0.5, 0.6) is 5.75 Å². The second-order valence-electron chi connectivity index (χ2n) is 4.03. The van der Waals surface area contributed by atoms with Crippen molar-refractivity contribution in [3.05, 3.63) is 52.8 Å². The fourth-order valence-electron chi connectivity index (χ4n) is 1.88. The molecule has 0 N–H and O–H groups in total. The minimum absolute atomic E-state index is 0.256. The molecule has 0 heterocycles. The number of hydrogen-bond acceptors (Lipinski definition) is 1. The normalized spacial score (nSPS) is 10.4. The predicted molar refractivity (Wildman–Crippen MR) is 72.8 cm³/mol. The zero-order valence-electron chi connectivity index (χ0n) is 10.3. The molecule has 94 valence electrons. The van der Waals surface area contributed by atoms with Crippen molar-refractivity contribution in [2.24, 2.45) is 0 Å². The quantitative estimate of drug-likeness (QED) is 0.770. The van der Waals surface area contributed by atoms with E-state index in [1.807, 2.05) is 19.9 Å². The third kappa shape index (κ3) is 2.65. The van der Waals surface area contributed by atoms with E-state index in [1.165, 1.54) is 12.1 Å². The zero-order chi connectivity index (χ0) is 13.1. The Hall–Kier alpha value is -1.54. The van der Waals surface area contributed by atoms with Crippen LogP contribution in [0.3, 0.4) is 0 Å². The van der Waals surface area contributed by atoms with Gasteiger partial charge in [0, 0.05) is 10.6 Å². The van der Waals surface area contributed by atoms with E-state index in [2.05, 4.69) is 0 Å². The summed E-state index contributed by atoms with van der Waals surface area (Å²) in [6.45, 7) is 4.39. The highest BCUT2D eigenvalue weighted by Gasteiger charge is 2.10. The van der Waals surface area contributed by atoms with Crippen molar-refractivity contribution in [3.8, 4) is 16.9 Å². The first kappa shape index (κ1) is 12.9. The summed E-state index contributed by atoms with van der Waals surface area (Å²) < 4.78 is 18.9. The van der Waals surface area contributed by atoms with Gasteiger partial charge in [-0.1, -0.05) is 17.7 Å². The Morgan fingerprint density at radius 2 is 1.89 bits per heavy atom. The number of benzene rings is 2. The van der Waals surface area contributed by atoms with Crippen LogP contribution in [0, 0.1) is 12.7 Å². The van der Waals surface area contributed by atoms with Gasteiger partial charge in [-0.25, -0.2) is 4.39 Å². The molecule has 0 radical (unpaired) electrons. The van der Waals surface area contributed by atoms with Gasteiger partial charge in [0.25, 0.3) is 0 Å². The highest BCUT2D eigenvalue weighted by molar-refractivity contribution is 6.30. The molecule has 0 bridgehead atoms. The maximum Gasteiger partial charge on any atom is 0.128 e. The molecule has 2 rings (SSSR count). The number of aryl methyl sites for hydroxylation is 1. The average Bonchev–Trinajstić information content (AvgIpc) is 2.33. The van der Waals surface area contributed by atoms with Crippen LogP contribution < -0.4 is 4.74 Å². The van der Waals surface area contributed by atoms with E-state index in [1.54, 1.807) is 18.2 Å². The fourth-order valence-corrected chi connectivity index (χ4v) is 2.04. The molecule has 0 aromatic heterocycles. The Morgan fingerprint density at radius 3 is 2.61 bits per heavy atom. The highest BCUT2D eigenvalue weighted by atomic mass is 35.5. The Bertz CT molecular complexity index is 566. The molecule has 0 unspecified atom stereocenters. The van der Waals surface area contributed by atoms with Crippen LogP contribution in [-0.4, -0.2) is 6.61 Å². The van der Waals surface area contributed by atoms with Crippen LogP contribution in [0.15, 0.2) is 36.4 Å². The molecule has 0 atom stereocenters. The Labute approximate surface area is 111 Å². The van der Waals surface area contributed by atoms with Gasteiger partial charge in [0.2, 0.25) is 0 Å². The summed E-state index contributed by atoms with van der Waals surface area (Å²) >= 11 is 5.96. The maximum atomic E-state index is 13.4. The van der Waals surface area contributed by atoms with Crippen LogP contribution in [0.1, 0.15) is 12.5 Å².